The summed E-state index contributed by atoms with van der Waals surface area (Å²) in [5.74, 6) is -1.29. The first-order valence-corrected chi connectivity index (χ1v) is 6.13. The van der Waals surface area contributed by atoms with E-state index in [9.17, 15) is 15.0 Å². The van der Waals surface area contributed by atoms with Gasteiger partial charge in [0.1, 0.15) is 5.75 Å². The quantitative estimate of drug-likeness (QED) is 0.883. The van der Waals surface area contributed by atoms with E-state index in [-0.39, 0.29) is 5.75 Å². The minimum atomic E-state index is -0.853. The second-order valence-corrected chi connectivity index (χ2v) is 4.68. The van der Waals surface area contributed by atoms with Crippen molar-refractivity contribution >= 4 is 5.97 Å². The first-order chi connectivity index (χ1) is 9.06. The maximum atomic E-state index is 11.4. The summed E-state index contributed by atoms with van der Waals surface area (Å²) >= 11 is 0. The molecular weight excluding hydrogens is 240 g/mol. The van der Waals surface area contributed by atoms with Crippen LogP contribution >= 0.6 is 0 Å². The number of aliphatic carboxylic acids is 1. The zero-order valence-corrected chi connectivity index (χ0v) is 10.7. The lowest BCUT2D eigenvalue weighted by atomic mass is 9.91. The standard InChI is InChI=1S/C16H16O3/c1-11-4-2-6-13(8-11)15(16(18)19)10-12-5-3-7-14(17)9-12/h2-9,15,17H,10H2,1H3,(H,18,19). The molecule has 0 aromatic heterocycles. The molecule has 3 heteroatoms. The average molecular weight is 256 g/mol. The number of aromatic hydroxyl groups is 1. The fourth-order valence-corrected chi connectivity index (χ4v) is 2.15. The second kappa shape index (κ2) is 5.57. The first-order valence-electron chi connectivity index (χ1n) is 6.13. The second-order valence-electron chi connectivity index (χ2n) is 4.68. The van der Waals surface area contributed by atoms with Gasteiger partial charge in [0.05, 0.1) is 5.92 Å². The molecule has 0 aliphatic heterocycles. The van der Waals surface area contributed by atoms with Crippen LogP contribution < -0.4 is 0 Å². The molecule has 0 radical (unpaired) electrons. The molecule has 3 nitrogen and oxygen atoms in total. The Morgan fingerprint density at radius 2 is 1.89 bits per heavy atom. The number of rotatable bonds is 4. The predicted octanol–water partition coefficient (Wildman–Crippen LogP) is 3.11. The Labute approximate surface area is 112 Å². The van der Waals surface area contributed by atoms with Crippen molar-refractivity contribution in [1.82, 2.24) is 0 Å². The van der Waals surface area contributed by atoms with Gasteiger partial charge in [-0.25, -0.2) is 0 Å². The SMILES string of the molecule is Cc1cccc(C(Cc2cccc(O)c2)C(=O)O)c1. The van der Waals surface area contributed by atoms with Crippen molar-refractivity contribution in [1.29, 1.82) is 0 Å². The first kappa shape index (κ1) is 13.1. The number of carboxylic acid groups (broad SMARTS) is 1. The number of carbonyl (C=O) groups is 1. The van der Waals surface area contributed by atoms with Crippen LogP contribution in [0.25, 0.3) is 0 Å². The van der Waals surface area contributed by atoms with Crippen LogP contribution in [0.4, 0.5) is 0 Å². The molecule has 19 heavy (non-hydrogen) atoms. The van der Waals surface area contributed by atoms with Gasteiger partial charge in [0.25, 0.3) is 0 Å². The topological polar surface area (TPSA) is 57.5 Å². The summed E-state index contributed by atoms with van der Waals surface area (Å²) < 4.78 is 0. The molecule has 0 fully saturated rings. The van der Waals surface area contributed by atoms with Gasteiger partial charge in [-0.15, -0.1) is 0 Å². The highest BCUT2D eigenvalue weighted by Gasteiger charge is 2.20. The van der Waals surface area contributed by atoms with E-state index < -0.39 is 11.9 Å². The Kier molecular flexibility index (Phi) is 3.85. The van der Waals surface area contributed by atoms with Crippen LogP contribution in [0.15, 0.2) is 48.5 Å². The number of phenolic OH excluding ortho intramolecular Hbond substituents is 1. The van der Waals surface area contributed by atoms with Gasteiger partial charge in [-0.2, -0.15) is 0 Å². The molecule has 0 spiro atoms. The molecule has 2 N–H and O–H groups in total. The van der Waals surface area contributed by atoms with E-state index in [1.54, 1.807) is 18.2 Å². The number of hydrogen-bond acceptors (Lipinski definition) is 2. The summed E-state index contributed by atoms with van der Waals surface area (Å²) in [6.07, 6.45) is 0.368. The maximum absolute atomic E-state index is 11.4. The fourth-order valence-electron chi connectivity index (χ4n) is 2.15. The van der Waals surface area contributed by atoms with Crippen LogP contribution in [0.1, 0.15) is 22.6 Å². The molecule has 0 heterocycles. The van der Waals surface area contributed by atoms with Gasteiger partial charge in [0, 0.05) is 0 Å². The Hall–Kier alpha value is -2.29. The minimum Gasteiger partial charge on any atom is -0.508 e. The number of benzene rings is 2. The molecule has 1 atom stereocenters. The van der Waals surface area contributed by atoms with Crippen LogP contribution in [-0.4, -0.2) is 16.2 Å². The van der Waals surface area contributed by atoms with E-state index in [1.165, 1.54) is 0 Å². The summed E-state index contributed by atoms with van der Waals surface area (Å²) in [6.45, 7) is 1.94. The van der Waals surface area contributed by atoms with Crippen molar-refractivity contribution < 1.29 is 15.0 Å². The Morgan fingerprint density at radius 1 is 1.16 bits per heavy atom. The average Bonchev–Trinajstić information content (AvgIpc) is 2.35. The lowest BCUT2D eigenvalue weighted by Gasteiger charge is -2.13. The molecule has 2 rings (SSSR count). The summed E-state index contributed by atoms with van der Waals surface area (Å²) in [5, 5.41) is 18.8. The number of carboxylic acids is 1. The normalized spacial score (nSPS) is 12.1. The van der Waals surface area contributed by atoms with Crippen LogP contribution in [0.2, 0.25) is 0 Å². The van der Waals surface area contributed by atoms with E-state index in [4.69, 9.17) is 0 Å². The molecule has 0 amide bonds. The smallest absolute Gasteiger partial charge is 0.311 e. The van der Waals surface area contributed by atoms with Crippen molar-refractivity contribution in [3.63, 3.8) is 0 Å². The van der Waals surface area contributed by atoms with Crippen molar-refractivity contribution in [2.75, 3.05) is 0 Å². The molecule has 2 aromatic rings. The molecule has 0 bridgehead atoms. The molecule has 1 unspecified atom stereocenters. The lowest BCUT2D eigenvalue weighted by Crippen LogP contribution is -2.14. The van der Waals surface area contributed by atoms with Gasteiger partial charge in [-0.3, -0.25) is 4.79 Å². The van der Waals surface area contributed by atoms with E-state index in [1.807, 2.05) is 37.3 Å². The zero-order chi connectivity index (χ0) is 13.8. The van der Waals surface area contributed by atoms with Crippen LogP contribution in [0.5, 0.6) is 5.75 Å². The highest BCUT2D eigenvalue weighted by molar-refractivity contribution is 5.76. The van der Waals surface area contributed by atoms with Crippen molar-refractivity contribution in [3.05, 3.63) is 65.2 Å². The van der Waals surface area contributed by atoms with E-state index in [0.717, 1.165) is 16.7 Å². The van der Waals surface area contributed by atoms with Crippen LogP contribution in [-0.2, 0) is 11.2 Å². The third-order valence-electron chi connectivity index (χ3n) is 3.09. The maximum Gasteiger partial charge on any atom is 0.311 e. The van der Waals surface area contributed by atoms with Gasteiger partial charge in [-0.05, 0) is 36.6 Å². The monoisotopic (exact) mass is 256 g/mol. The summed E-state index contributed by atoms with van der Waals surface area (Å²) in [7, 11) is 0. The highest BCUT2D eigenvalue weighted by atomic mass is 16.4. The van der Waals surface area contributed by atoms with E-state index in [0.29, 0.717) is 6.42 Å². The Morgan fingerprint density at radius 3 is 2.53 bits per heavy atom. The Balaban J connectivity index is 2.29. The number of hydrogen-bond donors (Lipinski definition) is 2. The molecule has 0 aliphatic carbocycles. The van der Waals surface area contributed by atoms with Gasteiger partial charge in [-0.1, -0.05) is 42.0 Å². The van der Waals surface area contributed by atoms with Gasteiger partial charge in [0.2, 0.25) is 0 Å². The largest absolute Gasteiger partial charge is 0.508 e. The molecular formula is C16H16O3. The van der Waals surface area contributed by atoms with E-state index >= 15 is 0 Å². The zero-order valence-electron chi connectivity index (χ0n) is 10.7. The van der Waals surface area contributed by atoms with Crippen LogP contribution in [0.3, 0.4) is 0 Å². The number of phenols is 1. The lowest BCUT2D eigenvalue weighted by molar-refractivity contribution is -0.138. The van der Waals surface area contributed by atoms with Crippen molar-refractivity contribution in [2.45, 2.75) is 19.3 Å². The van der Waals surface area contributed by atoms with Gasteiger partial charge in [0.15, 0.2) is 0 Å². The molecule has 0 saturated heterocycles. The van der Waals surface area contributed by atoms with Crippen LogP contribution in [0, 0.1) is 6.92 Å². The fraction of sp³-hybridized carbons (Fsp3) is 0.188. The minimum absolute atomic E-state index is 0.158. The highest BCUT2D eigenvalue weighted by Crippen LogP contribution is 2.23. The molecule has 0 aliphatic rings. The van der Waals surface area contributed by atoms with Gasteiger partial charge < -0.3 is 10.2 Å². The van der Waals surface area contributed by atoms with E-state index in [2.05, 4.69) is 0 Å². The third-order valence-corrected chi connectivity index (χ3v) is 3.09. The third kappa shape index (κ3) is 3.35. The number of aryl methyl sites for hydroxylation is 1. The summed E-state index contributed by atoms with van der Waals surface area (Å²) in [6, 6.07) is 14.2. The van der Waals surface area contributed by atoms with Gasteiger partial charge >= 0.3 is 5.97 Å². The van der Waals surface area contributed by atoms with Crippen molar-refractivity contribution in [3.8, 4) is 5.75 Å². The molecule has 2 aromatic carbocycles. The molecule has 98 valence electrons. The summed E-state index contributed by atoms with van der Waals surface area (Å²) in [4.78, 5) is 11.4. The Bertz CT molecular complexity index is 590. The summed E-state index contributed by atoms with van der Waals surface area (Å²) in [5.41, 5.74) is 2.64. The predicted molar refractivity (Wildman–Crippen MR) is 73.4 cm³/mol. The molecule has 0 saturated carbocycles. The van der Waals surface area contributed by atoms with Crippen molar-refractivity contribution in [2.24, 2.45) is 0 Å².